The molecule has 0 aliphatic rings. The molecule has 20 heavy (non-hydrogen) atoms. The Morgan fingerprint density at radius 2 is 1.65 bits per heavy atom. The number of hydrogen-bond acceptors (Lipinski definition) is 1. The molecular formula is C18H19AsO. The average Bonchev–Trinajstić information content (AvgIpc) is 2.46. The average molecular weight is 326 g/mol. The third-order valence-corrected chi connectivity index (χ3v) is 5.06. The fourth-order valence-electron chi connectivity index (χ4n) is 1.97. The second-order valence-electron chi connectivity index (χ2n) is 5.04. The van der Waals surface area contributed by atoms with Crippen molar-refractivity contribution in [1.82, 2.24) is 0 Å². The van der Waals surface area contributed by atoms with Crippen molar-refractivity contribution in [3.63, 3.8) is 0 Å². The first-order valence-electron chi connectivity index (χ1n) is 6.66. The molecule has 0 aliphatic carbocycles. The van der Waals surface area contributed by atoms with Crippen molar-refractivity contribution < 1.29 is 4.79 Å². The molecule has 0 N–H and O–H groups in total. The van der Waals surface area contributed by atoms with Crippen LogP contribution in [-0.2, 0) is 5.21 Å². The Kier molecular flexibility index (Phi) is 5.38. The summed E-state index contributed by atoms with van der Waals surface area (Å²) in [5, 5.41) is 1.24. The Hall–Kier alpha value is -1.59. The standard InChI is InChI=1S/C18H19AsO/c1-19(2)14-16-10-8-15(9-11-16)12-13-18(20)17-6-4-3-5-7-17/h3-13H,14H2,1-2H3. The van der Waals surface area contributed by atoms with Gasteiger partial charge in [0, 0.05) is 0 Å². The van der Waals surface area contributed by atoms with Gasteiger partial charge in [-0.2, -0.15) is 0 Å². The van der Waals surface area contributed by atoms with Crippen LogP contribution in [0, 0.1) is 0 Å². The van der Waals surface area contributed by atoms with Crippen LogP contribution in [-0.4, -0.2) is 20.4 Å². The zero-order valence-corrected chi connectivity index (χ0v) is 13.8. The van der Waals surface area contributed by atoms with E-state index in [1.54, 1.807) is 6.08 Å². The Morgan fingerprint density at radius 1 is 1.00 bits per heavy atom. The van der Waals surface area contributed by atoms with Gasteiger partial charge in [0.1, 0.15) is 0 Å². The van der Waals surface area contributed by atoms with Crippen LogP contribution in [0.1, 0.15) is 21.5 Å². The Bertz CT molecular complexity index is 583. The first kappa shape index (κ1) is 14.8. The summed E-state index contributed by atoms with van der Waals surface area (Å²) >= 11 is -0.620. The second-order valence-corrected chi connectivity index (χ2v) is 10.2. The molecular weight excluding hydrogens is 307 g/mol. The van der Waals surface area contributed by atoms with E-state index in [9.17, 15) is 4.79 Å². The van der Waals surface area contributed by atoms with Crippen LogP contribution < -0.4 is 0 Å². The Balaban J connectivity index is 2.03. The minimum absolute atomic E-state index is 0.0460. The third-order valence-electron chi connectivity index (χ3n) is 2.96. The van der Waals surface area contributed by atoms with Crippen LogP contribution >= 0.6 is 0 Å². The van der Waals surface area contributed by atoms with Crippen molar-refractivity contribution >= 4 is 26.5 Å². The summed E-state index contributed by atoms with van der Waals surface area (Å²) in [5.41, 5.74) is 7.93. The first-order valence-corrected chi connectivity index (χ1v) is 11.7. The van der Waals surface area contributed by atoms with E-state index in [1.165, 1.54) is 10.8 Å². The zero-order valence-electron chi connectivity index (χ0n) is 11.9. The molecule has 0 radical (unpaired) electrons. The van der Waals surface area contributed by atoms with E-state index in [1.807, 2.05) is 36.4 Å². The van der Waals surface area contributed by atoms with Gasteiger partial charge in [-0.25, -0.2) is 0 Å². The molecule has 0 aromatic heterocycles. The summed E-state index contributed by atoms with van der Waals surface area (Å²) < 4.78 is 0. The minimum atomic E-state index is -0.620. The van der Waals surface area contributed by atoms with E-state index in [0.29, 0.717) is 0 Å². The molecule has 0 bridgehead atoms. The molecule has 0 aliphatic heterocycles. The molecule has 102 valence electrons. The van der Waals surface area contributed by atoms with E-state index in [4.69, 9.17) is 0 Å². The van der Waals surface area contributed by atoms with Crippen LogP contribution in [0.25, 0.3) is 6.08 Å². The normalized spacial score (nSPS) is 11.2. The van der Waals surface area contributed by atoms with Gasteiger partial charge in [0.15, 0.2) is 0 Å². The summed E-state index contributed by atoms with van der Waals surface area (Å²) in [6.07, 6.45) is 3.52. The molecule has 0 fully saturated rings. The molecule has 0 saturated heterocycles. The van der Waals surface area contributed by atoms with E-state index in [-0.39, 0.29) is 5.78 Å². The maximum absolute atomic E-state index is 11.9. The van der Waals surface area contributed by atoms with Gasteiger partial charge >= 0.3 is 125 Å². The third kappa shape index (κ3) is 4.50. The van der Waals surface area contributed by atoms with Crippen molar-refractivity contribution in [1.29, 1.82) is 0 Å². The van der Waals surface area contributed by atoms with Crippen LogP contribution in [0.2, 0.25) is 11.4 Å². The molecule has 2 rings (SSSR count). The van der Waals surface area contributed by atoms with Gasteiger partial charge in [-0.1, -0.05) is 0 Å². The number of ketones is 1. The Morgan fingerprint density at radius 3 is 2.25 bits per heavy atom. The van der Waals surface area contributed by atoms with Crippen LogP contribution in [0.15, 0.2) is 60.7 Å². The Labute approximate surface area is 125 Å². The first-order chi connectivity index (χ1) is 9.65. The fourth-order valence-corrected chi connectivity index (χ4v) is 3.94. The number of benzene rings is 2. The number of hydrogen-bond donors (Lipinski definition) is 0. The predicted octanol–water partition coefficient (Wildman–Crippen LogP) is 4.42. The number of rotatable bonds is 5. The van der Waals surface area contributed by atoms with Gasteiger partial charge in [-0.15, -0.1) is 0 Å². The van der Waals surface area contributed by atoms with Gasteiger partial charge < -0.3 is 0 Å². The summed E-state index contributed by atoms with van der Waals surface area (Å²) in [5.74, 6) is 0.0460. The van der Waals surface area contributed by atoms with Crippen molar-refractivity contribution in [2.45, 2.75) is 16.6 Å². The predicted molar refractivity (Wildman–Crippen MR) is 87.4 cm³/mol. The number of allylic oxidation sites excluding steroid dienone is 1. The van der Waals surface area contributed by atoms with Crippen molar-refractivity contribution in [3.05, 3.63) is 77.4 Å². The summed E-state index contributed by atoms with van der Waals surface area (Å²) in [4.78, 5) is 11.9. The molecule has 2 heteroatoms. The van der Waals surface area contributed by atoms with E-state index in [2.05, 4.69) is 35.7 Å². The van der Waals surface area contributed by atoms with Gasteiger partial charge in [0.25, 0.3) is 0 Å². The topological polar surface area (TPSA) is 17.1 Å². The van der Waals surface area contributed by atoms with E-state index >= 15 is 0 Å². The number of carbonyl (C=O) groups excluding carboxylic acids is 1. The molecule has 0 spiro atoms. The zero-order chi connectivity index (χ0) is 14.4. The second kappa shape index (κ2) is 7.26. The van der Waals surface area contributed by atoms with Gasteiger partial charge in [-0.05, 0) is 0 Å². The van der Waals surface area contributed by atoms with Crippen molar-refractivity contribution in [3.8, 4) is 0 Å². The summed E-state index contributed by atoms with van der Waals surface area (Å²) in [6.45, 7) is 0. The molecule has 0 amide bonds. The van der Waals surface area contributed by atoms with E-state index < -0.39 is 14.7 Å². The summed E-state index contributed by atoms with van der Waals surface area (Å²) in [6, 6.07) is 17.9. The van der Waals surface area contributed by atoms with Crippen LogP contribution in [0.4, 0.5) is 0 Å². The van der Waals surface area contributed by atoms with Crippen molar-refractivity contribution in [2.24, 2.45) is 0 Å². The molecule has 0 atom stereocenters. The van der Waals surface area contributed by atoms with Crippen molar-refractivity contribution in [2.75, 3.05) is 0 Å². The molecule has 0 unspecified atom stereocenters. The van der Waals surface area contributed by atoms with Gasteiger partial charge in [0.05, 0.1) is 0 Å². The maximum atomic E-state index is 11.9. The monoisotopic (exact) mass is 326 g/mol. The molecule has 0 heterocycles. The molecule has 0 saturated carbocycles. The van der Waals surface area contributed by atoms with E-state index in [0.717, 1.165) is 11.1 Å². The molecule has 1 nitrogen and oxygen atoms in total. The van der Waals surface area contributed by atoms with Gasteiger partial charge in [0.2, 0.25) is 0 Å². The van der Waals surface area contributed by atoms with Crippen LogP contribution in [0.5, 0.6) is 0 Å². The number of carbonyl (C=O) groups is 1. The van der Waals surface area contributed by atoms with Gasteiger partial charge in [-0.3, -0.25) is 0 Å². The SMILES string of the molecule is C[As](C)Cc1ccc(C=CC(=O)c2ccccc2)cc1. The quantitative estimate of drug-likeness (QED) is 0.452. The summed E-state index contributed by atoms with van der Waals surface area (Å²) in [7, 11) is 0. The fraction of sp³-hybridized carbons (Fsp3) is 0.167. The molecule has 2 aromatic rings. The van der Waals surface area contributed by atoms with Crippen LogP contribution in [0.3, 0.4) is 0 Å². The molecule has 2 aromatic carbocycles.